The molecule has 1 saturated carbocycles. The minimum Gasteiger partial charge on any atom is -0.313 e. The van der Waals surface area contributed by atoms with Crippen LogP contribution in [-0.2, 0) is 6.42 Å². The zero-order valence-electron chi connectivity index (χ0n) is 19.6. The smallest absolute Gasteiger partial charge is 0.274 e. The van der Waals surface area contributed by atoms with Crippen LogP contribution in [0.25, 0.3) is 5.57 Å². The monoisotopic (exact) mass is 572 g/mol. The molecule has 1 aliphatic heterocycles. The number of aliphatic imine (C=N–C) groups is 1. The van der Waals surface area contributed by atoms with Crippen molar-refractivity contribution >= 4 is 40.3 Å². The zero-order valence-corrected chi connectivity index (χ0v) is 21.7. The van der Waals surface area contributed by atoms with Crippen LogP contribution in [0.2, 0.25) is 0 Å². The summed E-state index contributed by atoms with van der Waals surface area (Å²) in [6.45, 7) is 4.58. The second-order valence-electron chi connectivity index (χ2n) is 9.30. The van der Waals surface area contributed by atoms with E-state index in [2.05, 4.69) is 66.1 Å². The Bertz CT molecular complexity index is 1010. The molecule has 2 unspecified atom stereocenters. The molecule has 3 N–H and O–H groups in total. The predicted molar refractivity (Wildman–Crippen MR) is 146 cm³/mol. The summed E-state index contributed by atoms with van der Waals surface area (Å²) in [5.41, 5.74) is 7.17. The molecule has 1 amide bonds. The van der Waals surface area contributed by atoms with Gasteiger partial charge in [0.15, 0.2) is 0 Å². The summed E-state index contributed by atoms with van der Waals surface area (Å²) in [4.78, 5) is 18.0. The Hall–Kier alpha value is -2.07. The predicted octanol–water partition coefficient (Wildman–Crippen LogP) is 4.29. The van der Waals surface area contributed by atoms with Crippen molar-refractivity contribution < 1.29 is 10.0 Å². The van der Waals surface area contributed by atoms with Gasteiger partial charge in [-0.2, -0.15) is 0 Å². The molecule has 6 nitrogen and oxygen atoms in total. The number of halogens is 1. The second kappa shape index (κ2) is 12.1. The molecule has 0 spiro atoms. The van der Waals surface area contributed by atoms with Crippen molar-refractivity contribution in [2.45, 2.75) is 31.2 Å². The Balaban J connectivity index is 1.10. The molecule has 0 bridgehead atoms. The molecule has 2 aliphatic rings. The van der Waals surface area contributed by atoms with Crippen LogP contribution >= 0.6 is 22.6 Å². The SMILES string of the molecule is CN=C/C(=C\I)c1ccc(C2CC2NCC2CN(CCCc3ccc(C(=O)NO)cc3)C2)cc1. The van der Waals surface area contributed by atoms with Crippen LogP contribution < -0.4 is 10.8 Å². The summed E-state index contributed by atoms with van der Waals surface area (Å²) in [5, 5.41) is 12.5. The van der Waals surface area contributed by atoms with Crippen molar-refractivity contribution in [3.63, 3.8) is 0 Å². The van der Waals surface area contributed by atoms with Crippen LogP contribution in [-0.4, -0.2) is 61.5 Å². The third kappa shape index (κ3) is 6.53. The second-order valence-corrected chi connectivity index (χ2v) is 9.92. The first-order valence-electron chi connectivity index (χ1n) is 11.9. The topological polar surface area (TPSA) is 77.0 Å². The fourth-order valence-electron chi connectivity index (χ4n) is 4.72. The maximum Gasteiger partial charge on any atom is 0.274 e. The van der Waals surface area contributed by atoms with Gasteiger partial charge in [-0.1, -0.05) is 59.0 Å². The van der Waals surface area contributed by atoms with Gasteiger partial charge < -0.3 is 10.2 Å². The van der Waals surface area contributed by atoms with Crippen LogP contribution in [0.15, 0.2) is 57.6 Å². The van der Waals surface area contributed by atoms with Gasteiger partial charge in [0.1, 0.15) is 0 Å². The average Bonchev–Trinajstić information content (AvgIpc) is 3.63. The van der Waals surface area contributed by atoms with Crippen molar-refractivity contribution in [2.24, 2.45) is 10.9 Å². The molecule has 2 aromatic carbocycles. The average molecular weight is 572 g/mol. The maximum atomic E-state index is 11.4. The molecule has 34 heavy (non-hydrogen) atoms. The van der Waals surface area contributed by atoms with E-state index in [0.717, 1.165) is 37.4 Å². The molecule has 2 aromatic rings. The summed E-state index contributed by atoms with van der Waals surface area (Å²) in [5.74, 6) is 0.930. The van der Waals surface area contributed by atoms with Crippen LogP contribution in [0.5, 0.6) is 0 Å². The van der Waals surface area contributed by atoms with Gasteiger partial charge in [0, 0.05) is 56.0 Å². The van der Waals surface area contributed by atoms with E-state index in [4.69, 9.17) is 5.21 Å². The van der Waals surface area contributed by atoms with Crippen LogP contribution in [0.4, 0.5) is 0 Å². The highest BCUT2D eigenvalue weighted by Crippen LogP contribution is 2.41. The van der Waals surface area contributed by atoms with Gasteiger partial charge >= 0.3 is 0 Å². The van der Waals surface area contributed by atoms with Gasteiger partial charge in [0.05, 0.1) is 0 Å². The standard InChI is InChI=1S/C27H33IN4O2/c1-29-16-24(14-28)21-8-10-22(11-9-21)25-13-26(25)30-15-20-17-32(18-20)12-2-3-19-4-6-23(7-5-19)27(33)31-34/h4-11,14,16,20,25-26,30,34H,2-3,12-13,15,17-18H2,1H3,(H,31,33)/b24-14+,29-16?. The summed E-state index contributed by atoms with van der Waals surface area (Å²) >= 11 is 2.27. The van der Waals surface area contributed by atoms with Gasteiger partial charge in [-0.05, 0) is 64.6 Å². The largest absolute Gasteiger partial charge is 0.313 e. The first-order valence-corrected chi connectivity index (χ1v) is 13.2. The summed E-state index contributed by atoms with van der Waals surface area (Å²) in [7, 11) is 1.81. The number of hydrogen-bond donors (Lipinski definition) is 3. The first-order chi connectivity index (χ1) is 16.6. The Morgan fingerprint density at radius 1 is 1.15 bits per heavy atom. The number of amides is 1. The lowest BCUT2D eigenvalue weighted by molar-refractivity contribution is 0.0706. The Labute approximate surface area is 215 Å². The third-order valence-corrected chi connectivity index (χ3v) is 7.48. The first kappa shape index (κ1) is 25.0. The molecular weight excluding hydrogens is 539 g/mol. The third-order valence-electron chi connectivity index (χ3n) is 6.81. The van der Waals surface area contributed by atoms with Crippen molar-refractivity contribution in [3.8, 4) is 0 Å². The number of hydrogen-bond acceptors (Lipinski definition) is 5. The van der Waals surface area contributed by atoms with Crippen molar-refractivity contribution in [2.75, 3.05) is 33.2 Å². The number of hydroxylamine groups is 1. The maximum absolute atomic E-state index is 11.4. The van der Waals surface area contributed by atoms with Crippen LogP contribution in [0, 0.1) is 5.92 Å². The highest BCUT2D eigenvalue weighted by molar-refractivity contribution is 14.1. The summed E-state index contributed by atoms with van der Waals surface area (Å²) in [6, 6.07) is 17.0. The van der Waals surface area contributed by atoms with E-state index >= 15 is 0 Å². The molecule has 0 aromatic heterocycles. The van der Waals surface area contributed by atoms with E-state index in [1.807, 2.05) is 18.3 Å². The number of allylic oxidation sites excluding steroid dienone is 1. The number of rotatable bonds is 11. The quantitative estimate of drug-likeness (QED) is 0.163. The minimum atomic E-state index is -0.470. The molecule has 2 atom stereocenters. The van der Waals surface area contributed by atoms with Gasteiger partial charge in [0.25, 0.3) is 5.91 Å². The molecule has 1 heterocycles. The van der Waals surface area contributed by atoms with E-state index in [1.54, 1.807) is 24.7 Å². The lowest BCUT2D eigenvalue weighted by Crippen LogP contribution is -2.51. The number of nitrogens with one attached hydrogen (secondary N) is 2. The van der Waals surface area contributed by atoms with Gasteiger partial charge in [-0.15, -0.1) is 0 Å². The summed E-state index contributed by atoms with van der Waals surface area (Å²) in [6.07, 6.45) is 5.26. The number of carbonyl (C=O) groups is 1. The lowest BCUT2D eigenvalue weighted by atomic mass is 9.99. The number of aryl methyl sites for hydroxylation is 1. The normalized spacial score (nSPS) is 21.0. The molecule has 1 aliphatic carbocycles. The molecule has 180 valence electrons. The van der Waals surface area contributed by atoms with Crippen molar-refractivity contribution in [3.05, 3.63) is 74.9 Å². The minimum absolute atomic E-state index is 0.470. The van der Waals surface area contributed by atoms with Gasteiger partial charge in [0.2, 0.25) is 0 Å². The molecule has 4 rings (SSSR count). The number of carbonyl (C=O) groups excluding carboxylic acids is 1. The van der Waals surface area contributed by atoms with E-state index in [9.17, 15) is 4.79 Å². The highest BCUT2D eigenvalue weighted by atomic mass is 127. The molecular formula is C27H33IN4O2. The molecule has 1 saturated heterocycles. The van der Waals surface area contributed by atoms with E-state index < -0.39 is 5.91 Å². The van der Waals surface area contributed by atoms with Crippen LogP contribution in [0.3, 0.4) is 0 Å². The molecule has 7 heteroatoms. The van der Waals surface area contributed by atoms with Crippen molar-refractivity contribution in [1.29, 1.82) is 0 Å². The number of likely N-dealkylation sites (tertiary alicyclic amines) is 1. The Morgan fingerprint density at radius 3 is 2.50 bits per heavy atom. The van der Waals surface area contributed by atoms with Gasteiger partial charge in [-0.25, -0.2) is 5.48 Å². The van der Waals surface area contributed by atoms with E-state index in [0.29, 0.717) is 17.5 Å². The fraction of sp³-hybridized carbons (Fsp3) is 0.407. The van der Waals surface area contributed by atoms with E-state index in [-0.39, 0.29) is 0 Å². The zero-order chi connectivity index (χ0) is 23.9. The van der Waals surface area contributed by atoms with Crippen LogP contribution in [0.1, 0.15) is 45.8 Å². The highest BCUT2D eigenvalue weighted by Gasteiger charge is 2.39. The summed E-state index contributed by atoms with van der Waals surface area (Å²) < 4.78 is 2.07. The van der Waals surface area contributed by atoms with Gasteiger partial charge in [-0.3, -0.25) is 15.0 Å². The fourth-order valence-corrected chi connectivity index (χ4v) is 5.24. The number of benzene rings is 2. The lowest BCUT2D eigenvalue weighted by Gasteiger charge is -2.39. The Morgan fingerprint density at radius 2 is 1.85 bits per heavy atom. The van der Waals surface area contributed by atoms with Crippen molar-refractivity contribution in [1.82, 2.24) is 15.7 Å². The van der Waals surface area contributed by atoms with E-state index in [1.165, 1.54) is 36.2 Å². The molecule has 0 radical (unpaired) electrons. The number of nitrogens with zero attached hydrogens (tertiary/aromatic N) is 2. The molecule has 2 fully saturated rings. The Kier molecular flexibility index (Phi) is 8.88.